The van der Waals surface area contributed by atoms with Crippen LogP contribution in [0, 0.1) is 6.92 Å². The third-order valence-corrected chi connectivity index (χ3v) is 2.77. The number of hydrogen-bond acceptors (Lipinski definition) is 2. The van der Waals surface area contributed by atoms with E-state index in [0.29, 0.717) is 6.47 Å². The molecule has 2 rings (SSSR count). The third kappa shape index (κ3) is 4.08. The van der Waals surface area contributed by atoms with E-state index in [4.69, 9.17) is 11.6 Å². The molecule has 0 unspecified atom stereocenters. The summed E-state index contributed by atoms with van der Waals surface area (Å²) in [4.78, 5) is 12.7. The highest BCUT2D eigenvalue weighted by molar-refractivity contribution is 6.36. The minimum absolute atomic E-state index is 0.318. The summed E-state index contributed by atoms with van der Waals surface area (Å²) >= 11 is 6.05. The fourth-order valence-corrected chi connectivity index (χ4v) is 1.58. The largest absolute Gasteiger partial charge is 0.462 e. The number of aromatic nitrogens is 1. The van der Waals surface area contributed by atoms with Crippen molar-refractivity contribution in [3.05, 3.63) is 35.0 Å². The molecule has 0 radical (unpaired) electrons. The number of aromatic amines is 1. The smallest absolute Gasteiger partial charge is 0.293 e. The van der Waals surface area contributed by atoms with Crippen LogP contribution in [-0.4, -0.2) is 17.1 Å². The van der Waals surface area contributed by atoms with Crippen LogP contribution in [0.5, 0.6) is 0 Å². The van der Waals surface area contributed by atoms with Crippen LogP contribution >= 0.6 is 11.6 Å². The van der Waals surface area contributed by atoms with E-state index in [9.17, 15) is 4.79 Å². The van der Waals surface area contributed by atoms with Crippen molar-refractivity contribution < 1.29 is 9.53 Å². The Hall–Kier alpha value is -1.48. The van der Waals surface area contributed by atoms with Crippen LogP contribution < -0.4 is 0 Å². The number of aryl methyl sites for hydroxylation is 1. The van der Waals surface area contributed by atoms with Gasteiger partial charge in [0.25, 0.3) is 6.47 Å². The number of rotatable bonds is 1. The lowest BCUT2D eigenvalue weighted by Gasteiger charge is -2.14. The molecule has 0 atom stereocenters. The summed E-state index contributed by atoms with van der Waals surface area (Å²) in [5, 5.41) is 1.95. The predicted molar refractivity (Wildman–Crippen MR) is 74.9 cm³/mol. The van der Waals surface area contributed by atoms with Gasteiger partial charge in [-0.3, -0.25) is 4.79 Å². The van der Waals surface area contributed by atoms with E-state index in [-0.39, 0.29) is 5.60 Å². The van der Waals surface area contributed by atoms with Crippen LogP contribution in [0.15, 0.2) is 24.4 Å². The molecule has 0 amide bonds. The summed E-state index contributed by atoms with van der Waals surface area (Å²) in [6, 6.07) is 6.04. The Morgan fingerprint density at radius 3 is 2.44 bits per heavy atom. The molecule has 18 heavy (non-hydrogen) atoms. The zero-order valence-electron chi connectivity index (χ0n) is 11.1. The standard InChI is InChI=1S/C9H8ClN.C5H10O2/c1-6-2-3-8-7(9(6)10)4-5-11-8;1-5(2,3)7-4-6/h2-5,11H,1H3;4H,1-3H3. The highest BCUT2D eigenvalue weighted by Crippen LogP contribution is 2.25. The monoisotopic (exact) mass is 267 g/mol. The molecule has 2 aromatic rings. The van der Waals surface area contributed by atoms with Crippen LogP contribution in [0.4, 0.5) is 0 Å². The average Bonchev–Trinajstić information content (AvgIpc) is 2.71. The van der Waals surface area contributed by atoms with E-state index in [1.165, 1.54) is 0 Å². The predicted octanol–water partition coefficient (Wildman–Crippen LogP) is 4.09. The first-order valence-corrected chi connectivity index (χ1v) is 6.06. The summed E-state index contributed by atoms with van der Waals surface area (Å²) in [6.45, 7) is 7.93. The Labute approximate surface area is 112 Å². The first kappa shape index (κ1) is 14.6. The summed E-state index contributed by atoms with van der Waals surface area (Å²) in [5.41, 5.74) is 1.90. The van der Waals surface area contributed by atoms with Gasteiger partial charge in [0.2, 0.25) is 0 Å². The number of hydrogen-bond donors (Lipinski definition) is 1. The second-order valence-electron chi connectivity index (χ2n) is 4.96. The number of carbonyl (C=O) groups excluding carboxylic acids is 1. The lowest BCUT2D eigenvalue weighted by atomic mass is 10.2. The van der Waals surface area contributed by atoms with Gasteiger partial charge in [0.05, 0.1) is 5.02 Å². The molecule has 0 saturated heterocycles. The maximum atomic E-state index is 9.60. The van der Waals surface area contributed by atoms with Gasteiger partial charge < -0.3 is 9.72 Å². The van der Waals surface area contributed by atoms with Gasteiger partial charge in [-0.2, -0.15) is 0 Å². The third-order valence-electron chi connectivity index (χ3n) is 2.26. The highest BCUT2D eigenvalue weighted by atomic mass is 35.5. The molecular weight excluding hydrogens is 250 g/mol. The Kier molecular flexibility index (Phi) is 4.79. The molecular formula is C14H18ClNO2. The second-order valence-corrected chi connectivity index (χ2v) is 5.34. The van der Waals surface area contributed by atoms with Gasteiger partial charge in [-0.25, -0.2) is 0 Å². The van der Waals surface area contributed by atoms with Crippen molar-refractivity contribution in [2.75, 3.05) is 0 Å². The topological polar surface area (TPSA) is 42.1 Å². The summed E-state index contributed by atoms with van der Waals surface area (Å²) in [7, 11) is 0. The molecule has 0 aliphatic rings. The quantitative estimate of drug-likeness (QED) is 0.791. The average molecular weight is 268 g/mol. The van der Waals surface area contributed by atoms with E-state index in [2.05, 4.69) is 9.72 Å². The van der Waals surface area contributed by atoms with Crippen molar-refractivity contribution in [1.82, 2.24) is 4.98 Å². The zero-order valence-corrected chi connectivity index (χ0v) is 11.8. The Bertz CT molecular complexity index is 526. The van der Waals surface area contributed by atoms with Crippen molar-refractivity contribution in [3.63, 3.8) is 0 Å². The molecule has 0 aliphatic carbocycles. The van der Waals surface area contributed by atoms with E-state index < -0.39 is 0 Å². The van der Waals surface area contributed by atoms with E-state index in [1.54, 1.807) is 0 Å². The van der Waals surface area contributed by atoms with Crippen molar-refractivity contribution >= 4 is 29.0 Å². The van der Waals surface area contributed by atoms with E-state index in [0.717, 1.165) is 21.5 Å². The number of nitrogens with one attached hydrogen (secondary N) is 1. The first-order valence-electron chi connectivity index (χ1n) is 5.69. The molecule has 0 bridgehead atoms. The molecule has 1 heterocycles. The summed E-state index contributed by atoms with van der Waals surface area (Å²) in [5.74, 6) is 0. The summed E-state index contributed by atoms with van der Waals surface area (Å²) < 4.78 is 4.55. The molecule has 0 aliphatic heterocycles. The van der Waals surface area contributed by atoms with E-state index in [1.807, 2.05) is 52.1 Å². The molecule has 1 aromatic carbocycles. The van der Waals surface area contributed by atoms with Gasteiger partial charge >= 0.3 is 0 Å². The molecule has 0 fully saturated rings. The molecule has 3 nitrogen and oxygen atoms in total. The molecule has 4 heteroatoms. The van der Waals surface area contributed by atoms with Gasteiger partial charge in [-0.1, -0.05) is 17.7 Å². The van der Waals surface area contributed by atoms with Crippen LogP contribution in [0.1, 0.15) is 26.3 Å². The lowest BCUT2D eigenvalue weighted by Crippen LogP contribution is -2.17. The van der Waals surface area contributed by atoms with Crippen molar-refractivity contribution in [2.45, 2.75) is 33.3 Å². The second kappa shape index (κ2) is 5.91. The first-order chi connectivity index (χ1) is 8.35. The molecule has 98 valence electrons. The molecule has 0 saturated carbocycles. The minimum atomic E-state index is -0.318. The minimum Gasteiger partial charge on any atom is -0.462 e. The van der Waals surface area contributed by atoms with Gasteiger partial charge in [-0.15, -0.1) is 0 Å². The Morgan fingerprint density at radius 2 is 1.94 bits per heavy atom. The van der Waals surface area contributed by atoms with Gasteiger partial charge in [0, 0.05) is 17.1 Å². The van der Waals surface area contributed by atoms with Crippen molar-refractivity contribution in [2.24, 2.45) is 0 Å². The number of H-pyrrole nitrogens is 1. The van der Waals surface area contributed by atoms with Crippen LogP contribution in [0.2, 0.25) is 5.02 Å². The van der Waals surface area contributed by atoms with E-state index >= 15 is 0 Å². The molecule has 1 N–H and O–H groups in total. The van der Waals surface area contributed by atoms with Gasteiger partial charge in [0.1, 0.15) is 5.60 Å². The number of benzene rings is 1. The fourth-order valence-electron chi connectivity index (χ4n) is 1.35. The number of ether oxygens (including phenoxy) is 1. The fraction of sp³-hybridized carbons (Fsp3) is 0.357. The number of fused-ring (bicyclic) bond motifs is 1. The Morgan fingerprint density at radius 1 is 1.28 bits per heavy atom. The maximum absolute atomic E-state index is 9.60. The van der Waals surface area contributed by atoms with Crippen molar-refractivity contribution in [3.8, 4) is 0 Å². The zero-order chi connectivity index (χ0) is 13.8. The number of halogens is 1. The van der Waals surface area contributed by atoms with Crippen molar-refractivity contribution in [1.29, 1.82) is 0 Å². The Balaban J connectivity index is 0.000000203. The SMILES string of the molecule is CC(C)(C)OC=O.Cc1ccc2[nH]ccc2c1Cl. The highest BCUT2D eigenvalue weighted by Gasteiger charge is 2.07. The summed E-state index contributed by atoms with van der Waals surface area (Å²) in [6.07, 6.45) is 1.90. The normalized spacial score (nSPS) is 10.7. The lowest BCUT2D eigenvalue weighted by molar-refractivity contribution is -0.138. The van der Waals surface area contributed by atoms with Crippen LogP contribution in [-0.2, 0) is 9.53 Å². The number of carbonyl (C=O) groups is 1. The molecule has 0 spiro atoms. The van der Waals surface area contributed by atoms with Gasteiger partial charge in [0.15, 0.2) is 0 Å². The van der Waals surface area contributed by atoms with Crippen LogP contribution in [0.25, 0.3) is 10.9 Å². The molecule has 1 aromatic heterocycles. The maximum Gasteiger partial charge on any atom is 0.293 e. The van der Waals surface area contributed by atoms with Crippen LogP contribution in [0.3, 0.4) is 0 Å². The van der Waals surface area contributed by atoms with Gasteiger partial charge in [-0.05, 0) is 45.4 Å².